The van der Waals surface area contributed by atoms with Crippen LogP contribution in [0.5, 0.6) is 0 Å². The molecule has 5 heterocycles. The molecule has 3 aromatic heterocycles. The number of carbonyl (C=O) groups excluding carboxylic acids is 1. The molecule has 3 aliphatic rings. The molecular weight excluding hydrogens is 399 g/mol. The van der Waals surface area contributed by atoms with Crippen LogP contribution in [0.25, 0.3) is 16.6 Å². The average molecular weight is 420 g/mol. The second kappa shape index (κ2) is 6.37. The first kappa shape index (κ1) is 18.5. The van der Waals surface area contributed by atoms with E-state index in [-0.39, 0.29) is 23.8 Å². The Labute approximate surface area is 177 Å². The number of rotatable bonds is 4. The minimum absolute atomic E-state index is 0.0548. The number of ether oxygens (including phenoxy) is 1. The molecule has 0 aromatic carbocycles. The van der Waals surface area contributed by atoms with Gasteiger partial charge in [-0.25, -0.2) is 4.52 Å². The lowest BCUT2D eigenvalue weighted by Gasteiger charge is -2.25. The first-order valence-corrected chi connectivity index (χ1v) is 10.6. The Morgan fingerprint density at radius 3 is 2.81 bits per heavy atom. The summed E-state index contributed by atoms with van der Waals surface area (Å²) >= 11 is 0. The lowest BCUT2D eigenvalue weighted by atomic mass is 9.75. The molecule has 0 radical (unpaired) electrons. The van der Waals surface area contributed by atoms with Gasteiger partial charge in [-0.3, -0.25) is 9.48 Å². The largest absolute Gasteiger partial charge is 0.377 e. The van der Waals surface area contributed by atoms with Crippen molar-refractivity contribution in [3.8, 4) is 17.2 Å². The van der Waals surface area contributed by atoms with Crippen LogP contribution in [-0.2, 0) is 9.53 Å². The molecule has 2 atom stereocenters. The van der Waals surface area contributed by atoms with Crippen molar-refractivity contribution in [3.05, 3.63) is 36.7 Å². The smallest absolute Gasteiger partial charge is 0.248 e. The van der Waals surface area contributed by atoms with Crippen molar-refractivity contribution >= 4 is 17.1 Å². The van der Waals surface area contributed by atoms with E-state index in [2.05, 4.69) is 16.3 Å². The van der Waals surface area contributed by atoms with Crippen molar-refractivity contribution in [3.63, 3.8) is 0 Å². The minimum atomic E-state index is -0.951. The van der Waals surface area contributed by atoms with Gasteiger partial charge in [0.25, 0.3) is 0 Å². The molecule has 2 saturated heterocycles. The monoisotopic (exact) mass is 420 g/mol. The van der Waals surface area contributed by atoms with Crippen LogP contribution in [-0.4, -0.2) is 45.1 Å². The van der Waals surface area contributed by atoms with Gasteiger partial charge < -0.3 is 9.64 Å². The van der Waals surface area contributed by atoms with Gasteiger partial charge in [-0.2, -0.15) is 14.8 Å². The molecule has 3 fully saturated rings. The van der Waals surface area contributed by atoms with Gasteiger partial charge in [0.2, 0.25) is 11.9 Å². The fourth-order valence-corrected chi connectivity index (χ4v) is 5.01. The number of hydrogen-bond acceptors (Lipinski definition) is 5. The normalized spacial score (nSPS) is 26.4. The van der Waals surface area contributed by atoms with Gasteiger partial charge in [-0.15, -0.1) is 5.10 Å². The predicted octanol–water partition coefficient (Wildman–Crippen LogP) is 2.81. The summed E-state index contributed by atoms with van der Waals surface area (Å²) in [4.78, 5) is 15.1. The third-order valence-corrected chi connectivity index (χ3v) is 7.01. The van der Waals surface area contributed by atoms with Crippen LogP contribution >= 0.6 is 0 Å². The highest BCUT2D eigenvalue weighted by molar-refractivity contribution is 6.05. The van der Waals surface area contributed by atoms with Crippen LogP contribution in [0.1, 0.15) is 25.8 Å². The van der Waals surface area contributed by atoms with Gasteiger partial charge in [0.15, 0.2) is 0 Å². The van der Waals surface area contributed by atoms with Crippen LogP contribution in [0.15, 0.2) is 30.7 Å². The Morgan fingerprint density at radius 1 is 1.32 bits per heavy atom. The second-order valence-electron chi connectivity index (χ2n) is 8.85. The zero-order valence-electron chi connectivity index (χ0n) is 17.0. The quantitative estimate of drug-likeness (QED) is 0.648. The molecule has 8 nitrogen and oxygen atoms in total. The fourth-order valence-electron chi connectivity index (χ4n) is 5.01. The Morgan fingerprint density at radius 2 is 2.13 bits per heavy atom. The van der Waals surface area contributed by atoms with E-state index in [9.17, 15) is 14.4 Å². The molecule has 6 rings (SSSR count). The van der Waals surface area contributed by atoms with Crippen molar-refractivity contribution in [2.75, 3.05) is 24.7 Å². The van der Waals surface area contributed by atoms with Gasteiger partial charge in [0, 0.05) is 36.6 Å². The highest BCUT2D eigenvalue weighted by Crippen LogP contribution is 2.54. The average Bonchev–Trinajstić information content (AvgIpc) is 3.27. The van der Waals surface area contributed by atoms with E-state index in [0.29, 0.717) is 42.1 Å². The predicted molar refractivity (Wildman–Crippen MR) is 109 cm³/mol. The zero-order chi connectivity index (χ0) is 21.3. The lowest BCUT2D eigenvalue weighted by Crippen LogP contribution is -2.37. The lowest BCUT2D eigenvalue weighted by molar-refractivity contribution is -0.124. The molecule has 2 aliphatic heterocycles. The van der Waals surface area contributed by atoms with E-state index in [4.69, 9.17) is 4.74 Å². The van der Waals surface area contributed by atoms with E-state index in [1.807, 2.05) is 13.0 Å². The van der Waals surface area contributed by atoms with Gasteiger partial charge in [0.1, 0.15) is 5.41 Å². The number of aromatic nitrogens is 4. The molecule has 1 amide bonds. The molecule has 0 bridgehead atoms. The number of nitriles is 1. The van der Waals surface area contributed by atoms with Crippen LogP contribution in [0, 0.1) is 34.5 Å². The molecule has 1 aliphatic carbocycles. The van der Waals surface area contributed by atoms with E-state index in [1.165, 1.54) is 0 Å². The van der Waals surface area contributed by atoms with Crippen molar-refractivity contribution in [1.29, 1.82) is 5.26 Å². The fraction of sp³-hybridized carbons (Fsp3) is 0.455. The van der Waals surface area contributed by atoms with Crippen molar-refractivity contribution in [2.45, 2.75) is 25.8 Å². The van der Waals surface area contributed by atoms with Gasteiger partial charge in [0.05, 0.1) is 42.1 Å². The molecular formula is C22H21FN6O2. The summed E-state index contributed by atoms with van der Waals surface area (Å²) < 4.78 is 23.0. The van der Waals surface area contributed by atoms with Crippen molar-refractivity contribution in [1.82, 2.24) is 19.4 Å². The van der Waals surface area contributed by atoms with Gasteiger partial charge in [-0.1, -0.05) is 6.92 Å². The van der Waals surface area contributed by atoms with Crippen molar-refractivity contribution in [2.24, 2.45) is 17.3 Å². The van der Waals surface area contributed by atoms with E-state index < -0.39 is 11.4 Å². The topological polar surface area (TPSA) is 88.4 Å². The van der Waals surface area contributed by atoms with Gasteiger partial charge in [-0.05, 0) is 30.9 Å². The number of carbonyl (C=O) groups is 1. The zero-order valence-corrected chi connectivity index (χ0v) is 17.0. The summed E-state index contributed by atoms with van der Waals surface area (Å²) in [6, 6.07) is 6.03. The SMILES string of the molecule is C[C@@H]1CN(c2ccnn3cc(-c4cn(C5COC5)nc4F)cc23)C(=O)[C@]1(C#N)C1CC1. The van der Waals surface area contributed by atoms with Crippen LogP contribution in [0.2, 0.25) is 0 Å². The van der Waals surface area contributed by atoms with E-state index >= 15 is 0 Å². The molecule has 0 unspecified atom stereocenters. The summed E-state index contributed by atoms with van der Waals surface area (Å²) in [6.45, 7) is 3.52. The maximum Gasteiger partial charge on any atom is 0.248 e. The number of fused-ring (bicyclic) bond motifs is 1. The molecule has 0 N–H and O–H groups in total. The Bertz CT molecular complexity index is 1250. The van der Waals surface area contributed by atoms with Crippen LogP contribution < -0.4 is 4.90 Å². The van der Waals surface area contributed by atoms with E-state index in [1.54, 1.807) is 38.8 Å². The van der Waals surface area contributed by atoms with E-state index in [0.717, 1.165) is 12.8 Å². The first-order valence-electron chi connectivity index (χ1n) is 10.6. The number of anilines is 1. The highest BCUT2D eigenvalue weighted by atomic mass is 19.1. The summed E-state index contributed by atoms with van der Waals surface area (Å²) in [7, 11) is 0. The number of halogens is 1. The summed E-state index contributed by atoms with van der Waals surface area (Å²) in [5, 5.41) is 18.3. The number of nitrogens with zero attached hydrogens (tertiary/aromatic N) is 6. The third kappa shape index (κ3) is 2.51. The standard InChI is InChI=1S/C22H21FN6O2/c1-13-7-27(21(30)22(13,12-24)15-2-3-15)18-4-5-25-29-8-14(6-19(18)29)17-9-28(26-20(17)23)16-10-31-11-16/h4-6,8-9,13,15-16H,2-3,7,10-11H2,1H3/t13-,22+/m1/s1. The molecule has 0 spiro atoms. The summed E-state index contributed by atoms with van der Waals surface area (Å²) in [5.41, 5.74) is 1.46. The Balaban J connectivity index is 1.41. The highest BCUT2D eigenvalue weighted by Gasteiger charge is 2.61. The number of hydrogen-bond donors (Lipinski definition) is 0. The third-order valence-electron chi connectivity index (χ3n) is 7.01. The second-order valence-corrected chi connectivity index (χ2v) is 8.85. The maximum atomic E-state index is 14.6. The number of amides is 1. The maximum absolute atomic E-state index is 14.6. The summed E-state index contributed by atoms with van der Waals surface area (Å²) in [6.07, 6.45) is 6.90. The molecule has 158 valence electrons. The molecule has 31 heavy (non-hydrogen) atoms. The van der Waals surface area contributed by atoms with Crippen LogP contribution in [0.4, 0.5) is 10.1 Å². The molecule has 9 heteroatoms. The molecule has 1 saturated carbocycles. The van der Waals surface area contributed by atoms with Gasteiger partial charge >= 0.3 is 0 Å². The molecule has 3 aromatic rings. The minimum Gasteiger partial charge on any atom is -0.377 e. The summed E-state index contributed by atoms with van der Waals surface area (Å²) in [5.74, 6) is -0.599. The Kier molecular flexibility index (Phi) is 3.81. The Hall–Kier alpha value is -3.25. The van der Waals surface area contributed by atoms with Crippen molar-refractivity contribution < 1.29 is 13.9 Å². The van der Waals surface area contributed by atoms with Crippen LogP contribution in [0.3, 0.4) is 0 Å². The first-order chi connectivity index (χ1) is 15.0.